The zero-order valence-electron chi connectivity index (χ0n) is 13.2. The molecule has 0 radical (unpaired) electrons. The maximum absolute atomic E-state index is 12.4. The van der Waals surface area contributed by atoms with Crippen LogP contribution in [-0.2, 0) is 27.2 Å². The Kier molecular flexibility index (Phi) is 4.66. The average Bonchev–Trinajstić information content (AvgIpc) is 2.94. The topological polar surface area (TPSA) is 75.6 Å². The lowest BCUT2D eigenvalue weighted by atomic mass is 9.82. The molecule has 2 N–H and O–H groups in total. The molecule has 1 amide bonds. The third-order valence-corrected chi connectivity index (χ3v) is 4.92. The minimum Gasteiger partial charge on any atom is -0.481 e. The molecule has 1 fully saturated rings. The van der Waals surface area contributed by atoms with Gasteiger partial charge in [0.1, 0.15) is 0 Å². The smallest absolute Gasteiger partial charge is 0.305 e. The number of carbonyl (C=O) groups excluding carboxylic acids is 1. The molecule has 1 aliphatic carbocycles. The molecule has 1 saturated heterocycles. The van der Waals surface area contributed by atoms with Crippen LogP contribution in [0.4, 0.5) is 0 Å². The Morgan fingerprint density at radius 3 is 2.78 bits per heavy atom. The monoisotopic (exact) mass is 317 g/mol. The number of amides is 1. The lowest BCUT2D eigenvalue weighted by molar-refractivity contribution is -0.139. The van der Waals surface area contributed by atoms with Crippen LogP contribution < -0.4 is 5.32 Å². The molecule has 1 aromatic carbocycles. The summed E-state index contributed by atoms with van der Waals surface area (Å²) in [6.07, 6.45) is 3.89. The first-order chi connectivity index (χ1) is 11.1. The number of nitrogens with one attached hydrogen (secondary N) is 1. The summed E-state index contributed by atoms with van der Waals surface area (Å²) in [7, 11) is 0. The molecule has 5 nitrogen and oxygen atoms in total. The molecular weight excluding hydrogens is 294 g/mol. The SMILES string of the molecule is O=C(O)CC1(NC(=O)CC2CCc3ccccc3C2)CCOC1. The molecule has 0 aromatic heterocycles. The fraction of sp³-hybridized carbons (Fsp3) is 0.556. The number of benzene rings is 1. The van der Waals surface area contributed by atoms with Crippen molar-refractivity contribution in [3.8, 4) is 0 Å². The molecule has 1 aliphatic heterocycles. The van der Waals surface area contributed by atoms with Gasteiger partial charge in [-0.3, -0.25) is 9.59 Å². The third kappa shape index (κ3) is 3.91. The van der Waals surface area contributed by atoms with E-state index in [2.05, 4.69) is 23.5 Å². The molecule has 5 heteroatoms. The molecular formula is C18H23NO4. The van der Waals surface area contributed by atoms with Crippen molar-refractivity contribution in [3.05, 3.63) is 35.4 Å². The van der Waals surface area contributed by atoms with Crippen LogP contribution in [-0.4, -0.2) is 35.7 Å². The van der Waals surface area contributed by atoms with E-state index in [1.165, 1.54) is 11.1 Å². The van der Waals surface area contributed by atoms with Crippen molar-refractivity contribution in [1.29, 1.82) is 0 Å². The molecule has 3 rings (SSSR count). The molecule has 2 aliphatic rings. The lowest BCUT2D eigenvalue weighted by Crippen LogP contribution is -2.51. The van der Waals surface area contributed by atoms with E-state index in [1.54, 1.807) is 0 Å². The van der Waals surface area contributed by atoms with Crippen molar-refractivity contribution in [3.63, 3.8) is 0 Å². The van der Waals surface area contributed by atoms with Crippen LogP contribution in [0.15, 0.2) is 24.3 Å². The van der Waals surface area contributed by atoms with Crippen molar-refractivity contribution in [2.24, 2.45) is 5.92 Å². The van der Waals surface area contributed by atoms with Crippen molar-refractivity contribution in [2.75, 3.05) is 13.2 Å². The van der Waals surface area contributed by atoms with Crippen molar-refractivity contribution < 1.29 is 19.4 Å². The number of carboxylic acids is 1. The van der Waals surface area contributed by atoms with Crippen LogP contribution in [0.2, 0.25) is 0 Å². The number of ether oxygens (including phenoxy) is 1. The molecule has 0 bridgehead atoms. The molecule has 0 saturated carbocycles. The Balaban J connectivity index is 1.58. The fourth-order valence-corrected chi connectivity index (χ4v) is 3.74. The normalized spacial score (nSPS) is 26.5. The first kappa shape index (κ1) is 16.0. The summed E-state index contributed by atoms with van der Waals surface area (Å²) >= 11 is 0. The van der Waals surface area contributed by atoms with E-state index >= 15 is 0 Å². The standard InChI is InChI=1S/C18H23NO4/c20-16(19-18(11-17(21)22)7-8-23-12-18)10-13-5-6-14-3-1-2-4-15(14)9-13/h1-4,13H,5-12H2,(H,19,20)(H,21,22). The number of carboxylic acid groups (broad SMARTS) is 1. The molecule has 2 atom stereocenters. The summed E-state index contributed by atoms with van der Waals surface area (Å²) in [4.78, 5) is 23.5. The van der Waals surface area contributed by atoms with Gasteiger partial charge in [-0.2, -0.15) is 0 Å². The van der Waals surface area contributed by atoms with Crippen LogP contribution in [0.1, 0.15) is 36.8 Å². The minimum absolute atomic E-state index is 0.0545. The van der Waals surface area contributed by atoms with Gasteiger partial charge in [-0.15, -0.1) is 0 Å². The minimum atomic E-state index is -0.901. The zero-order chi connectivity index (χ0) is 16.3. The Morgan fingerprint density at radius 2 is 2.09 bits per heavy atom. The number of aryl methyl sites for hydroxylation is 1. The van der Waals surface area contributed by atoms with Crippen LogP contribution in [0.5, 0.6) is 0 Å². The predicted molar refractivity (Wildman–Crippen MR) is 85.1 cm³/mol. The summed E-state index contributed by atoms with van der Waals surface area (Å²) in [6.45, 7) is 0.795. The van der Waals surface area contributed by atoms with E-state index in [0.29, 0.717) is 32.0 Å². The van der Waals surface area contributed by atoms with Gasteiger partial charge in [0.15, 0.2) is 0 Å². The number of aliphatic carboxylic acids is 1. The Labute approximate surface area is 136 Å². The maximum atomic E-state index is 12.4. The first-order valence-electron chi connectivity index (χ1n) is 8.24. The van der Waals surface area contributed by atoms with Gasteiger partial charge in [0.05, 0.1) is 18.6 Å². The number of carbonyl (C=O) groups is 2. The molecule has 0 spiro atoms. The average molecular weight is 317 g/mol. The van der Waals surface area contributed by atoms with Crippen molar-refractivity contribution in [2.45, 2.75) is 44.1 Å². The second-order valence-electron chi connectivity index (χ2n) is 6.78. The maximum Gasteiger partial charge on any atom is 0.305 e. The van der Waals surface area contributed by atoms with E-state index < -0.39 is 11.5 Å². The van der Waals surface area contributed by atoms with Gasteiger partial charge >= 0.3 is 5.97 Å². The van der Waals surface area contributed by atoms with Gasteiger partial charge in [0.25, 0.3) is 0 Å². The highest BCUT2D eigenvalue weighted by Crippen LogP contribution is 2.28. The van der Waals surface area contributed by atoms with E-state index in [9.17, 15) is 9.59 Å². The highest BCUT2D eigenvalue weighted by atomic mass is 16.5. The summed E-state index contributed by atoms with van der Waals surface area (Å²) in [5, 5.41) is 12.0. The van der Waals surface area contributed by atoms with Crippen LogP contribution in [0.25, 0.3) is 0 Å². The zero-order valence-corrected chi connectivity index (χ0v) is 13.2. The van der Waals surface area contributed by atoms with E-state index in [0.717, 1.165) is 19.3 Å². The highest BCUT2D eigenvalue weighted by Gasteiger charge is 2.39. The van der Waals surface area contributed by atoms with E-state index in [-0.39, 0.29) is 12.3 Å². The van der Waals surface area contributed by atoms with Gasteiger partial charge in [-0.05, 0) is 42.7 Å². The van der Waals surface area contributed by atoms with Gasteiger partial charge in [-0.25, -0.2) is 0 Å². The summed E-state index contributed by atoms with van der Waals surface area (Å²) in [5.74, 6) is -0.627. The summed E-state index contributed by atoms with van der Waals surface area (Å²) in [5.41, 5.74) is 1.99. The van der Waals surface area contributed by atoms with Gasteiger partial charge in [0, 0.05) is 13.0 Å². The third-order valence-electron chi connectivity index (χ3n) is 4.92. The number of rotatable bonds is 5. The predicted octanol–water partition coefficient (Wildman–Crippen LogP) is 1.93. The highest BCUT2D eigenvalue weighted by molar-refractivity contribution is 5.78. The fourth-order valence-electron chi connectivity index (χ4n) is 3.74. The number of hydrogen-bond donors (Lipinski definition) is 2. The van der Waals surface area contributed by atoms with Gasteiger partial charge in [0.2, 0.25) is 5.91 Å². The molecule has 23 heavy (non-hydrogen) atoms. The molecule has 124 valence electrons. The second-order valence-corrected chi connectivity index (χ2v) is 6.78. The van der Waals surface area contributed by atoms with E-state index in [4.69, 9.17) is 9.84 Å². The summed E-state index contributed by atoms with van der Waals surface area (Å²) < 4.78 is 5.32. The van der Waals surface area contributed by atoms with Crippen molar-refractivity contribution in [1.82, 2.24) is 5.32 Å². The first-order valence-corrected chi connectivity index (χ1v) is 8.24. The molecule has 1 aromatic rings. The quantitative estimate of drug-likeness (QED) is 0.870. The lowest BCUT2D eigenvalue weighted by Gasteiger charge is -2.29. The van der Waals surface area contributed by atoms with Gasteiger partial charge < -0.3 is 15.2 Å². The molecule has 2 unspecified atom stereocenters. The van der Waals surface area contributed by atoms with Gasteiger partial charge in [-0.1, -0.05) is 24.3 Å². The number of hydrogen-bond acceptors (Lipinski definition) is 3. The van der Waals surface area contributed by atoms with Crippen LogP contribution >= 0.6 is 0 Å². The van der Waals surface area contributed by atoms with Crippen molar-refractivity contribution >= 4 is 11.9 Å². The Hall–Kier alpha value is -1.88. The Bertz CT molecular complexity index is 592. The summed E-state index contributed by atoms with van der Waals surface area (Å²) in [6, 6.07) is 8.39. The second kappa shape index (κ2) is 6.71. The molecule has 1 heterocycles. The van der Waals surface area contributed by atoms with Crippen LogP contribution in [0.3, 0.4) is 0 Å². The number of fused-ring (bicyclic) bond motifs is 1. The van der Waals surface area contributed by atoms with E-state index in [1.807, 2.05) is 6.07 Å². The van der Waals surface area contributed by atoms with Crippen LogP contribution in [0, 0.1) is 5.92 Å². The largest absolute Gasteiger partial charge is 0.481 e. The Morgan fingerprint density at radius 1 is 1.30 bits per heavy atom.